The topological polar surface area (TPSA) is 41.6 Å². The van der Waals surface area contributed by atoms with Crippen molar-refractivity contribution in [1.82, 2.24) is 5.32 Å². The number of methoxy groups -OCH3 is 1. The highest BCUT2D eigenvalue weighted by Crippen LogP contribution is 2.20. The van der Waals surface area contributed by atoms with Gasteiger partial charge in [0.1, 0.15) is 0 Å². The lowest BCUT2D eigenvalue weighted by Gasteiger charge is -2.29. The molecule has 25 heavy (non-hydrogen) atoms. The van der Waals surface area contributed by atoms with E-state index in [4.69, 9.17) is 4.74 Å². The van der Waals surface area contributed by atoms with Crippen molar-refractivity contribution < 1.29 is 13.9 Å². The number of hydrogen-bond donors (Lipinski definition) is 1. The van der Waals surface area contributed by atoms with Gasteiger partial charge in [0.15, 0.2) is 17.3 Å². The maximum absolute atomic E-state index is 13.4. The molecule has 1 aliphatic rings. The Labute approximate surface area is 146 Å². The van der Waals surface area contributed by atoms with E-state index in [1.165, 1.54) is 19.3 Å². The van der Waals surface area contributed by atoms with Gasteiger partial charge in [-0.25, -0.2) is 4.39 Å². The Morgan fingerprint density at radius 2 is 1.88 bits per heavy atom. The van der Waals surface area contributed by atoms with Gasteiger partial charge in [0.25, 0.3) is 0 Å². The third kappa shape index (κ3) is 4.25. The largest absolute Gasteiger partial charge is 0.494 e. The number of ether oxygens (including phenoxy) is 1. The lowest BCUT2D eigenvalue weighted by molar-refractivity contribution is 0.104. The molecular formula is C20H21FN2O2. The summed E-state index contributed by atoms with van der Waals surface area (Å²) in [5.41, 5.74) is 2.47. The van der Waals surface area contributed by atoms with Crippen LogP contribution in [0.2, 0.25) is 0 Å². The molecule has 2 aromatic rings. The maximum atomic E-state index is 13.4. The number of rotatable bonds is 5. The van der Waals surface area contributed by atoms with Crippen LogP contribution in [0.1, 0.15) is 15.9 Å². The van der Waals surface area contributed by atoms with E-state index in [1.54, 1.807) is 18.2 Å². The number of hydrogen-bond acceptors (Lipinski definition) is 4. The predicted octanol–water partition coefficient (Wildman–Crippen LogP) is 3.14. The van der Waals surface area contributed by atoms with E-state index in [2.05, 4.69) is 10.2 Å². The van der Waals surface area contributed by atoms with Crippen LogP contribution in [0.15, 0.2) is 48.5 Å². The quantitative estimate of drug-likeness (QED) is 0.671. The molecule has 1 aliphatic heterocycles. The second-order valence-electron chi connectivity index (χ2n) is 5.88. The fourth-order valence-electron chi connectivity index (χ4n) is 2.81. The van der Waals surface area contributed by atoms with Crippen molar-refractivity contribution in [1.29, 1.82) is 0 Å². The molecule has 0 atom stereocenters. The van der Waals surface area contributed by atoms with Gasteiger partial charge in [-0.3, -0.25) is 4.79 Å². The third-order valence-corrected chi connectivity index (χ3v) is 4.24. The van der Waals surface area contributed by atoms with Gasteiger partial charge in [0.2, 0.25) is 0 Å². The van der Waals surface area contributed by atoms with Gasteiger partial charge in [-0.05, 0) is 48.0 Å². The molecule has 1 N–H and O–H groups in total. The summed E-state index contributed by atoms with van der Waals surface area (Å²) in [7, 11) is 1.41. The molecule has 130 valence electrons. The van der Waals surface area contributed by atoms with Gasteiger partial charge >= 0.3 is 0 Å². The SMILES string of the molecule is COc1cc(/C=C/C(=O)c2ccc(N3CCNCC3)cc2)ccc1F. The zero-order valence-corrected chi connectivity index (χ0v) is 14.2. The molecular weight excluding hydrogens is 319 g/mol. The normalized spacial score (nSPS) is 14.7. The summed E-state index contributed by atoms with van der Waals surface area (Å²) in [6.07, 6.45) is 3.15. The fourth-order valence-corrected chi connectivity index (χ4v) is 2.81. The van der Waals surface area contributed by atoms with Crippen molar-refractivity contribution in [2.75, 3.05) is 38.2 Å². The van der Waals surface area contributed by atoms with Crippen molar-refractivity contribution in [3.05, 3.63) is 65.5 Å². The van der Waals surface area contributed by atoms with Gasteiger partial charge in [-0.2, -0.15) is 0 Å². The van der Waals surface area contributed by atoms with E-state index in [-0.39, 0.29) is 11.5 Å². The zero-order valence-electron chi connectivity index (χ0n) is 14.2. The first-order valence-corrected chi connectivity index (χ1v) is 8.29. The summed E-state index contributed by atoms with van der Waals surface area (Å²) in [6, 6.07) is 12.1. The molecule has 1 fully saturated rings. The molecule has 1 heterocycles. The van der Waals surface area contributed by atoms with Gasteiger partial charge in [0, 0.05) is 37.4 Å². The molecule has 4 nitrogen and oxygen atoms in total. The molecule has 0 spiro atoms. The first-order valence-electron chi connectivity index (χ1n) is 8.29. The highest BCUT2D eigenvalue weighted by atomic mass is 19.1. The Kier molecular flexibility index (Phi) is 5.46. The summed E-state index contributed by atoms with van der Waals surface area (Å²) in [4.78, 5) is 14.6. The van der Waals surface area contributed by atoms with Crippen LogP contribution in [0.25, 0.3) is 6.08 Å². The van der Waals surface area contributed by atoms with E-state index >= 15 is 0 Å². The van der Waals surface area contributed by atoms with Crippen molar-refractivity contribution in [3.8, 4) is 5.75 Å². The van der Waals surface area contributed by atoms with Crippen LogP contribution in [0.4, 0.5) is 10.1 Å². The van der Waals surface area contributed by atoms with Gasteiger partial charge in [-0.1, -0.05) is 12.1 Å². The molecule has 3 rings (SSSR count). The molecule has 0 saturated carbocycles. The van der Waals surface area contributed by atoms with Crippen LogP contribution in [-0.4, -0.2) is 39.1 Å². The van der Waals surface area contributed by atoms with Crippen molar-refractivity contribution >= 4 is 17.5 Å². The van der Waals surface area contributed by atoms with Crippen molar-refractivity contribution in [3.63, 3.8) is 0 Å². The molecule has 0 aliphatic carbocycles. The average molecular weight is 340 g/mol. The zero-order chi connectivity index (χ0) is 17.6. The minimum Gasteiger partial charge on any atom is -0.494 e. The molecule has 0 amide bonds. The fraction of sp³-hybridized carbons (Fsp3) is 0.250. The van der Waals surface area contributed by atoms with E-state index < -0.39 is 5.82 Å². The number of benzene rings is 2. The van der Waals surface area contributed by atoms with Crippen LogP contribution in [0.5, 0.6) is 5.75 Å². The smallest absolute Gasteiger partial charge is 0.185 e. The number of nitrogens with zero attached hydrogens (tertiary/aromatic N) is 1. The van der Waals surface area contributed by atoms with Crippen LogP contribution in [-0.2, 0) is 0 Å². The number of ketones is 1. The Morgan fingerprint density at radius 3 is 2.56 bits per heavy atom. The van der Waals surface area contributed by atoms with Crippen molar-refractivity contribution in [2.24, 2.45) is 0 Å². The highest BCUT2D eigenvalue weighted by Gasteiger charge is 2.11. The summed E-state index contributed by atoms with van der Waals surface area (Å²) in [5.74, 6) is -0.348. The minimum atomic E-state index is -0.422. The van der Waals surface area contributed by atoms with E-state index in [1.807, 2.05) is 24.3 Å². The standard InChI is InChI=1S/C20H21FN2O2/c1-25-20-14-15(2-8-18(20)21)3-9-19(24)16-4-6-17(7-5-16)23-12-10-22-11-13-23/h2-9,14,22H,10-13H2,1H3/b9-3+. The molecule has 2 aromatic carbocycles. The number of piperazine rings is 1. The number of carbonyl (C=O) groups is 1. The number of anilines is 1. The summed E-state index contributed by atoms with van der Waals surface area (Å²) in [5, 5.41) is 3.32. The summed E-state index contributed by atoms with van der Waals surface area (Å²) in [6.45, 7) is 3.90. The number of carbonyl (C=O) groups excluding carboxylic acids is 1. The van der Waals surface area contributed by atoms with E-state index in [0.717, 1.165) is 31.9 Å². The molecule has 0 aromatic heterocycles. The van der Waals surface area contributed by atoms with Crippen molar-refractivity contribution in [2.45, 2.75) is 0 Å². The second kappa shape index (κ2) is 7.94. The van der Waals surface area contributed by atoms with Crippen LogP contribution in [0.3, 0.4) is 0 Å². The van der Waals surface area contributed by atoms with Gasteiger partial charge < -0.3 is 15.0 Å². The van der Waals surface area contributed by atoms with Crippen LogP contribution in [0, 0.1) is 5.82 Å². The summed E-state index contributed by atoms with van der Waals surface area (Å²) >= 11 is 0. The van der Waals surface area contributed by atoms with Gasteiger partial charge in [0.05, 0.1) is 7.11 Å². The van der Waals surface area contributed by atoms with Gasteiger partial charge in [-0.15, -0.1) is 0 Å². The predicted molar refractivity (Wildman–Crippen MR) is 97.8 cm³/mol. The Bertz CT molecular complexity index is 766. The maximum Gasteiger partial charge on any atom is 0.185 e. The lowest BCUT2D eigenvalue weighted by atomic mass is 10.1. The Balaban J connectivity index is 1.68. The summed E-state index contributed by atoms with van der Waals surface area (Å²) < 4.78 is 18.3. The Hall–Kier alpha value is -2.66. The second-order valence-corrected chi connectivity index (χ2v) is 5.88. The first kappa shape index (κ1) is 17.2. The average Bonchev–Trinajstić information content (AvgIpc) is 2.68. The number of halogens is 1. The molecule has 0 radical (unpaired) electrons. The highest BCUT2D eigenvalue weighted by molar-refractivity contribution is 6.07. The number of nitrogens with one attached hydrogen (secondary N) is 1. The third-order valence-electron chi connectivity index (χ3n) is 4.24. The van der Waals surface area contributed by atoms with E-state index in [9.17, 15) is 9.18 Å². The monoisotopic (exact) mass is 340 g/mol. The molecule has 0 unspecified atom stereocenters. The molecule has 1 saturated heterocycles. The minimum absolute atomic E-state index is 0.0878. The number of allylic oxidation sites excluding steroid dienone is 1. The van der Waals surface area contributed by atoms with E-state index in [0.29, 0.717) is 11.1 Å². The lowest BCUT2D eigenvalue weighted by Crippen LogP contribution is -2.43. The molecule has 0 bridgehead atoms. The van der Waals surface area contributed by atoms with Crippen LogP contribution < -0.4 is 15.0 Å². The van der Waals surface area contributed by atoms with Crippen LogP contribution >= 0.6 is 0 Å². The first-order chi connectivity index (χ1) is 12.2. The Morgan fingerprint density at radius 1 is 1.16 bits per heavy atom. The molecule has 5 heteroatoms.